The van der Waals surface area contributed by atoms with Crippen molar-refractivity contribution in [2.75, 3.05) is 4.90 Å². The summed E-state index contributed by atoms with van der Waals surface area (Å²) < 4.78 is 5.77. The van der Waals surface area contributed by atoms with Crippen molar-refractivity contribution >= 4 is 23.5 Å². The SMILES string of the molecule is C/C=C\C=C/C1=CC(=O)N(c2ccccc2-c2nnc(-c3ccc(C(=O)O)cc3)o2)C1=O. The molecule has 0 radical (unpaired) electrons. The van der Waals surface area contributed by atoms with Crippen LogP contribution in [0.5, 0.6) is 0 Å². The third-order valence-electron chi connectivity index (χ3n) is 4.71. The van der Waals surface area contributed by atoms with Gasteiger partial charge in [-0.15, -0.1) is 10.2 Å². The van der Waals surface area contributed by atoms with E-state index in [0.717, 1.165) is 4.90 Å². The zero-order valence-corrected chi connectivity index (χ0v) is 16.9. The number of anilines is 1. The third-order valence-corrected chi connectivity index (χ3v) is 4.71. The Morgan fingerprint density at radius 3 is 2.44 bits per heavy atom. The Bertz CT molecular complexity index is 1300. The van der Waals surface area contributed by atoms with Crippen molar-refractivity contribution in [3.05, 3.63) is 90.0 Å². The molecule has 1 aliphatic rings. The van der Waals surface area contributed by atoms with Gasteiger partial charge in [-0.25, -0.2) is 9.69 Å². The van der Waals surface area contributed by atoms with Crippen LogP contribution in [-0.2, 0) is 9.59 Å². The molecule has 0 spiro atoms. The van der Waals surface area contributed by atoms with Gasteiger partial charge in [0.15, 0.2) is 0 Å². The fraction of sp³-hybridized carbons (Fsp3) is 0.0417. The van der Waals surface area contributed by atoms with Gasteiger partial charge in [-0.3, -0.25) is 9.59 Å². The van der Waals surface area contributed by atoms with Gasteiger partial charge in [0.25, 0.3) is 11.8 Å². The predicted molar refractivity (Wildman–Crippen MR) is 117 cm³/mol. The van der Waals surface area contributed by atoms with E-state index in [4.69, 9.17) is 9.52 Å². The Labute approximate surface area is 182 Å². The second-order valence-corrected chi connectivity index (χ2v) is 6.78. The molecule has 8 nitrogen and oxygen atoms in total. The number of aromatic nitrogens is 2. The first kappa shape index (κ1) is 20.7. The van der Waals surface area contributed by atoms with Gasteiger partial charge in [0.2, 0.25) is 11.8 Å². The molecule has 2 aromatic carbocycles. The van der Waals surface area contributed by atoms with Crippen molar-refractivity contribution in [1.29, 1.82) is 0 Å². The van der Waals surface area contributed by atoms with Crippen LogP contribution in [0.1, 0.15) is 17.3 Å². The number of carbonyl (C=O) groups is 3. The van der Waals surface area contributed by atoms with Crippen molar-refractivity contribution in [1.82, 2.24) is 10.2 Å². The second-order valence-electron chi connectivity index (χ2n) is 6.78. The van der Waals surface area contributed by atoms with E-state index in [9.17, 15) is 14.4 Å². The van der Waals surface area contributed by atoms with E-state index in [1.807, 2.05) is 13.0 Å². The van der Waals surface area contributed by atoms with Crippen molar-refractivity contribution in [2.45, 2.75) is 6.92 Å². The van der Waals surface area contributed by atoms with Gasteiger partial charge in [0, 0.05) is 17.2 Å². The molecule has 0 saturated carbocycles. The number of amides is 2. The molecule has 2 heterocycles. The Morgan fingerprint density at radius 2 is 1.72 bits per heavy atom. The summed E-state index contributed by atoms with van der Waals surface area (Å²) in [5, 5.41) is 17.1. The molecule has 1 N–H and O–H groups in total. The number of benzene rings is 2. The quantitative estimate of drug-likeness (QED) is 0.467. The summed E-state index contributed by atoms with van der Waals surface area (Å²) in [4.78, 5) is 37.5. The van der Waals surface area contributed by atoms with Crippen LogP contribution in [0.25, 0.3) is 22.9 Å². The van der Waals surface area contributed by atoms with E-state index < -0.39 is 17.8 Å². The first-order chi connectivity index (χ1) is 15.5. The molecular formula is C24H17N3O5. The van der Waals surface area contributed by atoms with Crippen LogP contribution in [0.2, 0.25) is 0 Å². The fourth-order valence-corrected chi connectivity index (χ4v) is 3.16. The monoisotopic (exact) mass is 427 g/mol. The molecule has 0 saturated heterocycles. The summed E-state index contributed by atoms with van der Waals surface area (Å²) in [5.41, 5.74) is 1.69. The van der Waals surface area contributed by atoms with Gasteiger partial charge in [0.05, 0.1) is 16.8 Å². The van der Waals surface area contributed by atoms with Crippen LogP contribution < -0.4 is 4.90 Å². The van der Waals surface area contributed by atoms with Crippen LogP contribution >= 0.6 is 0 Å². The zero-order chi connectivity index (χ0) is 22.7. The molecule has 0 unspecified atom stereocenters. The molecule has 158 valence electrons. The van der Waals surface area contributed by atoms with Gasteiger partial charge in [0.1, 0.15) is 0 Å². The standard InChI is InChI=1S/C24H17N3O5/c1-2-3-4-7-17-14-20(28)27(23(17)29)19-9-6-5-8-18(19)22-26-25-21(32-22)15-10-12-16(13-11-15)24(30)31/h2-14H,1H3,(H,30,31)/b3-2-,7-4-. The maximum Gasteiger partial charge on any atom is 0.335 e. The minimum absolute atomic E-state index is 0.122. The number of imide groups is 1. The molecule has 32 heavy (non-hydrogen) atoms. The molecule has 0 atom stereocenters. The molecule has 2 amide bonds. The first-order valence-electron chi connectivity index (χ1n) is 9.65. The molecule has 0 bridgehead atoms. The van der Waals surface area contributed by atoms with Crippen molar-refractivity contribution < 1.29 is 23.9 Å². The van der Waals surface area contributed by atoms with Crippen LogP contribution in [0.4, 0.5) is 5.69 Å². The van der Waals surface area contributed by atoms with Gasteiger partial charge < -0.3 is 9.52 Å². The number of hydrogen-bond acceptors (Lipinski definition) is 6. The Kier molecular flexibility index (Phi) is 5.59. The maximum atomic E-state index is 12.9. The average molecular weight is 427 g/mol. The van der Waals surface area contributed by atoms with E-state index >= 15 is 0 Å². The largest absolute Gasteiger partial charge is 0.478 e. The number of allylic oxidation sites excluding steroid dienone is 3. The van der Waals surface area contributed by atoms with Crippen LogP contribution in [-0.4, -0.2) is 33.1 Å². The number of carboxylic acids is 1. The zero-order valence-electron chi connectivity index (χ0n) is 16.9. The lowest BCUT2D eigenvalue weighted by Crippen LogP contribution is -2.31. The number of carbonyl (C=O) groups excluding carboxylic acids is 2. The fourth-order valence-electron chi connectivity index (χ4n) is 3.16. The van der Waals surface area contributed by atoms with Gasteiger partial charge >= 0.3 is 5.97 Å². The second kappa shape index (κ2) is 8.65. The van der Waals surface area contributed by atoms with E-state index in [1.54, 1.807) is 54.6 Å². The number of carboxylic acid groups (broad SMARTS) is 1. The summed E-state index contributed by atoms with van der Waals surface area (Å²) in [6, 6.07) is 12.7. The lowest BCUT2D eigenvalue weighted by Gasteiger charge is -2.16. The molecule has 1 aliphatic heterocycles. The highest BCUT2D eigenvalue weighted by Gasteiger charge is 2.33. The van der Waals surface area contributed by atoms with Gasteiger partial charge in [-0.2, -0.15) is 0 Å². The molecule has 0 fully saturated rings. The Morgan fingerprint density at radius 1 is 1.00 bits per heavy atom. The summed E-state index contributed by atoms with van der Waals surface area (Å²) >= 11 is 0. The van der Waals surface area contributed by atoms with E-state index in [1.165, 1.54) is 18.2 Å². The first-order valence-corrected chi connectivity index (χ1v) is 9.65. The average Bonchev–Trinajstić information content (AvgIpc) is 3.39. The Hall–Kier alpha value is -4.59. The molecule has 3 aromatic rings. The maximum absolute atomic E-state index is 12.9. The van der Waals surface area contributed by atoms with Crippen LogP contribution in [0, 0.1) is 0 Å². The highest BCUT2D eigenvalue weighted by Crippen LogP contribution is 2.34. The van der Waals surface area contributed by atoms with Crippen LogP contribution in [0.3, 0.4) is 0 Å². The van der Waals surface area contributed by atoms with Crippen LogP contribution in [0.15, 0.2) is 88.9 Å². The molecule has 1 aromatic heterocycles. The third kappa shape index (κ3) is 3.89. The Balaban J connectivity index is 1.66. The summed E-state index contributed by atoms with van der Waals surface area (Å²) in [5.74, 6) is -1.65. The number of nitrogens with zero attached hydrogens (tertiary/aromatic N) is 3. The highest BCUT2D eigenvalue weighted by atomic mass is 16.4. The summed E-state index contributed by atoms with van der Waals surface area (Å²) in [6.07, 6.45) is 8.12. The molecular weight excluding hydrogens is 410 g/mol. The molecule has 0 aliphatic carbocycles. The van der Waals surface area contributed by atoms with Crippen molar-refractivity contribution in [3.8, 4) is 22.9 Å². The molecule has 8 heteroatoms. The minimum atomic E-state index is -1.04. The van der Waals surface area contributed by atoms with E-state index in [2.05, 4.69) is 10.2 Å². The minimum Gasteiger partial charge on any atom is -0.478 e. The van der Waals surface area contributed by atoms with Crippen molar-refractivity contribution in [3.63, 3.8) is 0 Å². The number of aromatic carboxylic acids is 1. The number of para-hydroxylation sites is 1. The number of rotatable bonds is 6. The topological polar surface area (TPSA) is 114 Å². The smallest absolute Gasteiger partial charge is 0.335 e. The van der Waals surface area contributed by atoms with E-state index in [0.29, 0.717) is 16.8 Å². The molecule has 4 rings (SSSR count). The number of hydrogen-bond donors (Lipinski definition) is 1. The lowest BCUT2D eigenvalue weighted by molar-refractivity contribution is -0.120. The normalized spacial score (nSPS) is 14.0. The predicted octanol–water partition coefficient (Wildman–Crippen LogP) is 4.03. The van der Waals surface area contributed by atoms with Gasteiger partial charge in [-0.1, -0.05) is 30.4 Å². The lowest BCUT2D eigenvalue weighted by atomic mass is 10.1. The summed E-state index contributed by atoms with van der Waals surface area (Å²) in [6.45, 7) is 1.85. The van der Waals surface area contributed by atoms with E-state index in [-0.39, 0.29) is 22.9 Å². The summed E-state index contributed by atoms with van der Waals surface area (Å²) in [7, 11) is 0. The highest BCUT2D eigenvalue weighted by molar-refractivity contribution is 6.32. The van der Waals surface area contributed by atoms with Crippen molar-refractivity contribution in [2.24, 2.45) is 0 Å². The van der Waals surface area contributed by atoms with Gasteiger partial charge in [-0.05, 0) is 49.4 Å².